The standard InChI is InChI=1S/C20H25F2N3O2/c1-23-20(24-8-7-14-9-16(21)11-17(22)10-14)25(2)13-15-5-6-18(26-3)12-19(15)27-4/h5-6,9-12H,7-8,13H2,1-4H3,(H,23,24). The van der Waals surface area contributed by atoms with E-state index in [9.17, 15) is 8.78 Å². The Morgan fingerprint density at radius 1 is 1.07 bits per heavy atom. The minimum absolute atomic E-state index is 0.480. The van der Waals surface area contributed by atoms with Crippen LogP contribution in [0.2, 0.25) is 0 Å². The van der Waals surface area contributed by atoms with Crippen LogP contribution in [0.1, 0.15) is 11.1 Å². The number of guanidine groups is 1. The van der Waals surface area contributed by atoms with Crippen molar-refractivity contribution in [2.75, 3.05) is 34.9 Å². The van der Waals surface area contributed by atoms with Gasteiger partial charge in [-0.25, -0.2) is 8.78 Å². The van der Waals surface area contributed by atoms with Gasteiger partial charge < -0.3 is 19.7 Å². The van der Waals surface area contributed by atoms with Crippen molar-refractivity contribution in [3.8, 4) is 11.5 Å². The van der Waals surface area contributed by atoms with Gasteiger partial charge in [0.2, 0.25) is 0 Å². The van der Waals surface area contributed by atoms with Gasteiger partial charge >= 0.3 is 0 Å². The van der Waals surface area contributed by atoms with Crippen LogP contribution in [0, 0.1) is 11.6 Å². The zero-order valence-corrected chi connectivity index (χ0v) is 16.1. The molecule has 0 amide bonds. The number of aliphatic imine (C=N–C) groups is 1. The van der Waals surface area contributed by atoms with Gasteiger partial charge in [-0.05, 0) is 36.2 Å². The SMILES string of the molecule is CN=C(NCCc1cc(F)cc(F)c1)N(C)Cc1ccc(OC)cc1OC. The van der Waals surface area contributed by atoms with Crippen molar-refractivity contribution in [2.45, 2.75) is 13.0 Å². The molecule has 5 nitrogen and oxygen atoms in total. The molecule has 0 saturated heterocycles. The molecule has 27 heavy (non-hydrogen) atoms. The number of nitrogens with zero attached hydrogens (tertiary/aromatic N) is 2. The largest absolute Gasteiger partial charge is 0.497 e. The van der Waals surface area contributed by atoms with E-state index in [0.29, 0.717) is 31.0 Å². The van der Waals surface area contributed by atoms with Crippen molar-refractivity contribution in [1.29, 1.82) is 0 Å². The van der Waals surface area contributed by atoms with Crippen molar-refractivity contribution in [3.63, 3.8) is 0 Å². The maximum atomic E-state index is 13.3. The molecule has 0 radical (unpaired) electrons. The molecule has 0 spiro atoms. The van der Waals surface area contributed by atoms with Crippen LogP contribution in [-0.4, -0.2) is 45.7 Å². The lowest BCUT2D eigenvalue weighted by Crippen LogP contribution is -2.39. The second-order valence-electron chi connectivity index (χ2n) is 6.04. The molecule has 0 saturated carbocycles. The number of benzene rings is 2. The van der Waals surface area contributed by atoms with Gasteiger partial charge in [0.1, 0.15) is 23.1 Å². The molecule has 0 aliphatic heterocycles. The summed E-state index contributed by atoms with van der Waals surface area (Å²) < 4.78 is 37.2. The smallest absolute Gasteiger partial charge is 0.193 e. The van der Waals surface area contributed by atoms with Crippen molar-refractivity contribution in [2.24, 2.45) is 4.99 Å². The molecule has 1 N–H and O–H groups in total. The van der Waals surface area contributed by atoms with Gasteiger partial charge in [0.05, 0.1) is 14.2 Å². The fourth-order valence-electron chi connectivity index (χ4n) is 2.77. The van der Waals surface area contributed by atoms with E-state index in [1.165, 1.54) is 12.1 Å². The van der Waals surface area contributed by atoms with Gasteiger partial charge in [0.25, 0.3) is 0 Å². The highest BCUT2D eigenvalue weighted by Crippen LogP contribution is 2.25. The van der Waals surface area contributed by atoms with E-state index in [1.807, 2.05) is 30.1 Å². The molecule has 7 heteroatoms. The fraction of sp³-hybridized carbons (Fsp3) is 0.350. The normalized spacial score (nSPS) is 11.3. The maximum absolute atomic E-state index is 13.3. The number of ether oxygens (including phenoxy) is 2. The van der Waals surface area contributed by atoms with Gasteiger partial charge in [-0.1, -0.05) is 0 Å². The predicted octanol–water partition coefficient (Wildman–Crippen LogP) is 3.23. The fourth-order valence-corrected chi connectivity index (χ4v) is 2.77. The number of methoxy groups -OCH3 is 2. The third-order valence-electron chi connectivity index (χ3n) is 4.09. The topological polar surface area (TPSA) is 46.1 Å². The minimum atomic E-state index is -0.571. The van der Waals surface area contributed by atoms with Crippen LogP contribution in [0.25, 0.3) is 0 Å². The molecule has 0 heterocycles. The Labute approximate surface area is 158 Å². The van der Waals surface area contributed by atoms with E-state index in [4.69, 9.17) is 9.47 Å². The Kier molecular flexibility index (Phi) is 7.40. The Balaban J connectivity index is 1.96. The molecule has 0 aromatic heterocycles. The molecule has 0 aliphatic rings. The van der Waals surface area contributed by atoms with Crippen molar-refractivity contribution >= 4 is 5.96 Å². The minimum Gasteiger partial charge on any atom is -0.497 e. The maximum Gasteiger partial charge on any atom is 0.193 e. The van der Waals surface area contributed by atoms with Crippen LogP contribution >= 0.6 is 0 Å². The van der Waals surface area contributed by atoms with E-state index >= 15 is 0 Å². The molecule has 2 rings (SSSR count). The summed E-state index contributed by atoms with van der Waals surface area (Å²) in [6, 6.07) is 9.18. The Morgan fingerprint density at radius 2 is 1.78 bits per heavy atom. The second-order valence-corrected chi connectivity index (χ2v) is 6.04. The first-order valence-corrected chi connectivity index (χ1v) is 8.54. The van der Waals surface area contributed by atoms with Crippen molar-refractivity contribution in [3.05, 3.63) is 59.2 Å². The van der Waals surface area contributed by atoms with E-state index in [0.717, 1.165) is 23.1 Å². The van der Waals surface area contributed by atoms with Crippen LogP contribution < -0.4 is 14.8 Å². The van der Waals surface area contributed by atoms with Crippen LogP contribution in [0.4, 0.5) is 8.78 Å². The van der Waals surface area contributed by atoms with Gasteiger partial charge in [-0.3, -0.25) is 4.99 Å². The Morgan fingerprint density at radius 3 is 2.37 bits per heavy atom. The lowest BCUT2D eigenvalue weighted by atomic mass is 10.1. The molecule has 0 atom stereocenters. The summed E-state index contributed by atoms with van der Waals surface area (Å²) in [6.45, 7) is 1.07. The Bertz CT molecular complexity index is 777. The van der Waals surface area contributed by atoms with Gasteiger partial charge in [-0.2, -0.15) is 0 Å². The van der Waals surface area contributed by atoms with Gasteiger partial charge in [-0.15, -0.1) is 0 Å². The van der Waals surface area contributed by atoms with E-state index < -0.39 is 11.6 Å². The lowest BCUT2D eigenvalue weighted by molar-refractivity contribution is 0.382. The molecule has 0 unspecified atom stereocenters. The van der Waals surface area contributed by atoms with Gasteiger partial charge in [0.15, 0.2) is 5.96 Å². The molecule has 0 aliphatic carbocycles. The van der Waals surface area contributed by atoms with Crippen molar-refractivity contribution in [1.82, 2.24) is 10.2 Å². The molecular formula is C20H25F2N3O2. The average Bonchev–Trinajstić information content (AvgIpc) is 2.64. The zero-order chi connectivity index (χ0) is 19.8. The number of hydrogen-bond acceptors (Lipinski definition) is 3. The Hall–Kier alpha value is -2.83. The molecule has 0 bridgehead atoms. The van der Waals surface area contributed by atoms with E-state index in [2.05, 4.69) is 10.3 Å². The molecular weight excluding hydrogens is 352 g/mol. The summed E-state index contributed by atoms with van der Waals surface area (Å²) in [5.41, 5.74) is 1.57. The highest BCUT2D eigenvalue weighted by molar-refractivity contribution is 5.79. The number of nitrogens with one attached hydrogen (secondary N) is 1. The summed E-state index contributed by atoms with van der Waals surface area (Å²) in [5.74, 6) is 0.982. The van der Waals surface area contributed by atoms with Crippen molar-refractivity contribution < 1.29 is 18.3 Å². The summed E-state index contributed by atoms with van der Waals surface area (Å²) in [5, 5.41) is 3.20. The quantitative estimate of drug-likeness (QED) is 0.594. The lowest BCUT2D eigenvalue weighted by Gasteiger charge is -2.23. The second kappa shape index (κ2) is 9.75. The molecule has 0 fully saturated rings. The van der Waals surface area contributed by atoms with Crippen LogP contribution in [-0.2, 0) is 13.0 Å². The first kappa shape index (κ1) is 20.5. The summed E-state index contributed by atoms with van der Waals surface area (Å²) >= 11 is 0. The monoisotopic (exact) mass is 377 g/mol. The van der Waals surface area contributed by atoms with E-state index in [1.54, 1.807) is 21.3 Å². The average molecular weight is 377 g/mol. The van der Waals surface area contributed by atoms with Gasteiger partial charge in [0, 0.05) is 44.9 Å². The van der Waals surface area contributed by atoms with E-state index in [-0.39, 0.29) is 0 Å². The first-order valence-electron chi connectivity index (χ1n) is 8.54. The molecule has 146 valence electrons. The zero-order valence-electron chi connectivity index (χ0n) is 16.1. The first-order chi connectivity index (χ1) is 13.0. The summed E-state index contributed by atoms with van der Waals surface area (Å²) in [6.07, 6.45) is 0.480. The van der Waals surface area contributed by atoms with Crippen LogP contribution in [0.5, 0.6) is 11.5 Å². The number of rotatable bonds is 7. The predicted molar refractivity (Wildman–Crippen MR) is 102 cm³/mol. The van der Waals surface area contributed by atoms with Crippen LogP contribution in [0.15, 0.2) is 41.4 Å². The number of halogens is 2. The third kappa shape index (κ3) is 5.84. The summed E-state index contributed by atoms with van der Waals surface area (Å²) in [7, 11) is 6.81. The molecule has 2 aromatic rings. The molecule has 2 aromatic carbocycles. The highest BCUT2D eigenvalue weighted by Gasteiger charge is 2.11. The van der Waals surface area contributed by atoms with Crippen LogP contribution in [0.3, 0.4) is 0 Å². The third-order valence-corrected chi connectivity index (χ3v) is 4.09. The highest BCUT2D eigenvalue weighted by atomic mass is 19.1. The summed E-state index contributed by atoms with van der Waals surface area (Å²) in [4.78, 5) is 6.20. The number of hydrogen-bond donors (Lipinski definition) is 1.